The molecule has 0 aliphatic carbocycles. The summed E-state index contributed by atoms with van der Waals surface area (Å²) < 4.78 is 13.6. The van der Waals surface area contributed by atoms with Gasteiger partial charge in [0.2, 0.25) is 11.8 Å². The number of rotatable bonds is 8. The Morgan fingerprint density at radius 1 is 0.759 bits per heavy atom. The molecule has 0 saturated heterocycles. The number of aryl methyl sites for hydroxylation is 1. The number of para-hydroxylation sites is 1. The number of nitrogens with one attached hydrogen (secondary N) is 3. The number of carbonyl (C=O) groups excluding carboxylic acids is 2. The fourth-order valence-corrected chi connectivity index (χ4v) is 2.77. The average Bonchev–Trinajstić information content (AvgIpc) is 2.73. The monoisotopic (exact) mass is 391 g/mol. The van der Waals surface area contributed by atoms with Crippen LogP contribution in [0.25, 0.3) is 0 Å². The van der Waals surface area contributed by atoms with Gasteiger partial charge in [-0.2, -0.15) is 0 Å². The summed E-state index contributed by atoms with van der Waals surface area (Å²) in [5, 5.41) is 8.34. The molecule has 0 spiro atoms. The number of benzene rings is 3. The van der Waals surface area contributed by atoms with Gasteiger partial charge >= 0.3 is 0 Å². The first-order valence-electron chi connectivity index (χ1n) is 9.32. The van der Waals surface area contributed by atoms with E-state index in [4.69, 9.17) is 0 Å². The van der Waals surface area contributed by atoms with E-state index in [1.54, 1.807) is 36.4 Å². The van der Waals surface area contributed by atoms with E-state index in [-0.39, 0.29) is 24.0 Å². The van der Waals surface area contributed by atoms with Crippen LogP contribution in [0.5, 0.6) is 0 Å². The minimum absolute atomic E-state index is 0.0280. The summed E-state index contributed by atoms with van der Waals surface area (Å²) >= 11 is 0. The second kappa shape index (κ2) is 10.0. The van der Waals surface area contributed by atoms with Crippen molar-refractivity contribution in [2.24, 2.45) is 0 Å². The average molecular weight is 391 g/mol. The van der Waals surface area contributed by atoms with Gasteiger partial charge < -0.3 is 16.0 Å². The molecule has 0 aliphatic heterocycles. The van der Waals surface area contributed by atoms with Gasteiger partial charge in [0.05, 0.1) is 12.2 Å². The van der Waals surface area contributed by atoms with Gasteiger partial charge in [0.15, 0.2) is 0 Å². The number of anilines is 3. The van der Waals surface area contributed by atoms with Crippen LogP contribution in [-0.4, -0.2) is 18.4 Å². The molecule has 0 aliphatic rings. The van der Waals surface area contributed by atoms with Crippen molar-refractivity contribution in [3.8, 4) is 0 Å². The van der Waals surface area contributed by atoms with Crippen LogP contribution < -0.4 is 16.0 Å². The van der Waals surface area contributed by atoms with Crippen molar-refractivity contribution in [3.05, 3.63) is 90.2 Å². The highest BCUT2D eigenvalue weighted by Crippen LogP contribution is 2.16. The van der Waals surface area contributed by atoms with Crippen molar-refractivity contribution in [2.45, 2.75) is 12.8 Å². The van der Waals surface area contributed by atoms with E-state index < -0.39 is 5.82 Å². The standard InChI is InChI=1S/C23H22FN3O2/c24-20-11-4-5-12-21(20)27-23(29)16-25-18-9-6-10-19(15-18)26-22(28)14-13-17-7-2-1-3-8-17/h1-12,15,25H,13-14,16H2,(H,26,28)(H,27,29). The smallest absolute Gasteiger partial charge is 0.243 e. The third-order valence-corrected chi connectivity index (χ3v) is 4.23. The van der Waals surface area contributed by atoms with Gasteiger partial charge in [-0.1, -0.05) is 48.5 Å². The summed E-state index contributed by atoms with van der Waals surface area (Å²) in [7, 11) is 0. The molecule has 0 heterocycles. The summed E-state index contributed by atoms with van der Waals surface area (Å²) in [6.07, 6.45) is 1.05. The number of amides is 2. The predicted molar refractivity (Wildman–Crippen MR) is 113 cm³/mol. The lowest BCUT2D eigenvalue weighted by atomic mass is 10.1. The zero-order chi connectivity index (χ0) is 20.5. The van der Waals surface area contributed by atoms with Gasteiger partial charge in [-0.15, -0.1) is 0 Å². The second-order valence-corrected chi connectivity index (χ2v) is 6.50. The third-order valence-electron chi connectivity index (χ3n) is 4.23. The van der Waals surface area contributed by atoms with Crippen LogP contribution in [0, 0.1) is 5.82 Å². The molecule has 0 atom stereocenters. The highest BCUT2D eigenvalue weighted by molar-refractivity contribution is 5.94. The van der Waals surface area contributed by atoms with Gasteiger partial charge in [0, 0.05) is 17.8 Å². The Labute approximate surface area is 169 Å². The Morgan fingerprint density at radius 3 is 2.28 bits per heavy atom. The van der Waals surface area contributed by atoms with Gasteiger partial charge in [-0.25, -0.2) is 4.39 Å². The Kier molecular flexibility index (Phi) is 6.95. The molecule has 2 amide bonds. The van der Waals surface area contributed by atoms with E-state index >= 15 is 0 Å². The SMILES string of the molecule is O=C(CCc1ccccc1)Nc1cccc(NCC(=O)Nc2ccccc2F)c1. The molecule has 0 saturated carbocycles. The molecule has 3 aromatic rings. The third kappa shape index (κ3) is 6.46. The Balaban J connectivity index is 1.48. The largest absolute Gasteiger partial charge is 0.376 e. The molecule has 6 heteroatoms. The fraction of sp³-hybridized carbons (Fsp3) is 0.130. The number of halogens is 1. The molecule has 3 aromatic carbocycles. The Hall–Kier alpha value is -3.67. The molecular formula is C23H22FN3O2. The molecule has 148 valence electrons. The predicted octanol–water partition coefficient (Wildman–Crippen LogP) is 4.45. The molecule has 0 bridgehead atoms. The number of hydrogen-bond acceptors (Lipinski definition) is 3. The minimum Gasteiger partial charge on any atom is -0.376 e. The lowest BCUT2D eigenvalue weighted by molar-refractivity contribution is -0.116. The first kappa shape index (κ1) is 20.1. The molecular weight excluding hydrogens is 369 g/mol. The summed E-state index contributed by atoms with van der Waals surface area (Å²) in [5.74, 6) is -0.934. The highest BCUT2D eigenvalue weighted by atomic mass is 19.1. The van der Waals surface area contributed by atoms with Gasteiger partial charge in [0.25, 0.3) is 0 Å². The summed E-state index contributed by atoms with van der Waals surface area (Å²) in [4.78, 5) is 24.2. The lowest BCUT2D eigenvalue weighted by Crippen LogP contribution is -2.22. The van der Waals surface area contributed by atoms with Crippen LogP contribution in [0.1, 0.15) is 12.0 Å². The maximum atomic E-state index is 13.6. The number of carbonyl (C=O) groups is 2. The molecule has 5 nitrogen and oxygen atoms in total. The van der Waals surface area contributed by atoms with Crippen LogP contribution in [0.2, 0.25) is 0 Å². The Bertz CT molecular complexity index is 977. The van der Waals surface area contributed by atoms with Crippen LogP contribution in [-0.2, 0) is 16.0 Å². The van der Waals surface area contributed by atoms with E-state index in [0.717, 1.165) is 5.56 Å². The van der Waals surface area contributed by atoms with Crippen molar-refractivity contribution >= 4 is 28.9 Å². The van der Waals surface area contributed by atoms with Gasteiger partial charge in [-0.05, 0) is 42.3 Å². The zero-order valence-electron chi connectivity index (χ0n) is 15.8. The molecule has 0 radical (unpaired) electrons. The van der Waals surface area contributed by atoms with Gasteiger partial charge in [0.1, 0.15) is 5.82 Å². The Morgan fingerprint density at radius 2 is 1.48 bits per heavy atom. The molecule has 0 unspecified atom stereocenters. The first-order valence-corrected chi connectivity index (χ1v) is 9.32. The first-order chi connectivity index (χ1) is 14.1. The topological polar surface area (TPSA) is 70.2 Å². The van der Waals surface area contributed by atoms with E-state index in [2.05, 4.69) is 16.0 Å². The number of hydrogen-bond donors (Lipinski definition) is 3. The zero-order valence-corrected chi connectivity index (χ0v) is 15.8. The van der Waals surface area contributed by atoms with Crippen LogP contribution >= 0.6 is 0 Å². The van der Waals surface area contributed by atoms with E-state index in [9.17, 15) is 14.0 Å². The lowest BCUT2D eigenvalue weighted by Gasteiger charge is -2.10. The fourth-order valence-electron chi connectivity index (χ4n) is 2.77. The molecule has 0 aromatic heterocycles. The maximum absolute atomic E-state index is 13.6. The van der Waals surface area contributed by atoms with Crippen LogP contribution in [0.4, 0.5) is 21.5 Å². The van der Waals surface area contributed by atoms with Crippen LogP contribution in [0.3, 0.4) is 0 Å². The van der Waals surface area contributed by atoms with Gasteiger partial charge in [-0.3, -0.25) is 9.59 Å². The van der Waals surface area contributed by atoms with Crippen molar-refractivity contribution in [3.63, 3.8) is 0 Å². The van der Waals surface area contributed by atoms with Crippen molar-refractivity contribution in [1.82, 2.24) is 0 Å². The van der Waals surface area contributed by atoms with Crippen molar-refractivity contribution in [1.29, 1.82) is 0 Å². The van der Waals surface area contributed by atoms with E-state index in [0.29, 0.717) is 24.2 Å². The quantitative estimate of drug-likeness (QED) is 0.531. The summed E-state index contributed by atoms with van der Waals surface area (Å²) in [6.45, 7) is -0.0280. The molecule has 29 heavy (non-hydrogen) atoms. The molecule has 3 rings (SSSR count). The molecule has 0 fully saturated rings. The van der Waals surface area contributed by atoms with Crippen molar-refractivity contribution < 1.29 is 14.0 Å². The second-order valence-electron chi connectivity index (χ2n) is 6.50. The van der Waals surface area contributed by atoms with E-state index in [1.165, 1.54) is 12.1 Å². The molecule has 3 N–H and O–H groups in total. The highest BCUT2D eigenvalue weighted by Gasteiger charge is 2.07. The van der Waals surface area contributed by atoms with Crippen LogP contribution in [0.15, 0.2) is 78.9 Å². The van der Waals surface area contributed by atoms with E-state index in [1.807, 2.05) is 30.3 Å². The van der Waals surface area contributed by atoms with Crippen molar-refractivity contribution in [2.75, 3.05) is 22.5 Å². The summed E-state index contributed by atoms with van der Waals surface area (Å²) in [5.41, 5.74) is 2.56. The summed E-state index contributed by atoms with van der Waals surface area (Å²) in [6, 6.07) is 22.9. The normalized spacial score (nSPS) is 10.2. The maximum Gasteiger partial charge on any atom is 0.243 e. The minimum atomic E-state index is -0.485.